The lowest BCUT2D eigenvalue weighted by atomic mass is 10.2. The third-order valence-electron chi connectivity index (χ3n) is 3.56. The number of ether oxygens (including phenoxy) is 3. The maximum Gasteiger partial charge on any atom is 0.374 e. The first kappa shape index (κ1) is 15.7. The van der Waals surface area contributed by atoms with E-state index in [9.17, 15) is 9.59 Å². The van der Waals surface area contributed by atoms with E-state index in [1.807, 2.05) is 0 Å². The van der Waals surface area contributed by atoms with E-state index >= 15 is 0 Å². The van der Waals surface area contributed by atoms with Crippen molar-refractivity contribution in [2.24, 2.45) is 11.8 Å². The third kappa shape index (κ3) is 4.40. The molecule has 3 aliphatic rings. The van der Waals surface area contributed by atoms with Gasteiger partial charge in [-0.1, -0.05) is 23.2 Å². The van der Waals surface area contributed by atoms with Gasteiger partial charge in [-0.15, -0.1) is 0 Å². The van der Waals surface area contributed by atoms with Crippen LogP contribution in [0.4, 0.5) is 0 Å². The minimum Gasteiger partial charge on any atom is -0.460 e. The van der Waals surface area contributed by atoms with Gasteiger partial charge in [0.2, 0.25) is 11.5 Å². The molecule has 2 saturated carbocycles. The molecule has 0 aromatic rings. The van der Waals surface area contributed by atoms with Crippen LogP contribution in [0, 0.1) is 11.8 Å². The van der Waals surface area contributed by atoms with Gasteiger partial charge in [0.1, 0.15) is 0 Å². The van der Waals surface area contributed by atoms with E-state index < -0.39 is 16.3 Å². The Labute approximate surface area is 138 Å². The molecule has 0 saturated heterocycles. The summed E-state index contributed by atoms with van der Waals surface area (Å²) in [7, 11) is 0. The maximum absolute atomic E-state index is 12.0. The van der Waals surface area contributed by atoms with Crippen LogP contribution in [0.1, 0.15) is 25.7 Å². The second-order valence-electron chi connectivity index (χ2n) is 5.88. The zero-order chi connectivity index (χ0) is 15.7. The largest absolute Gasteiger partial charge is 0.460 e. The van der Waals surface area contributed by atoms with Crippen molar-refractivity contribution < 1.29 is 23.8 Å². The number of carbonyl (C=O) groups excluding carboxylic acids is 2. The molecule has 0 unspecified atom stereocenters. The van der Waals surface area contributed by atoms with Crippen molar-refractivity contribution in [2.45, 2.75) is 30.0 Å². The van der Waals surface area contributed by atoms with Gasteiger partial charge < -0.3 is 14.2 Å². The lowest BCUT2D eigenvalue weighted by molar-refractivity contribution is -0.146. The van der Waals surface area contributed by atoms with Gasteiger partial charge in [0.05, 0.1) is 13.2 Å². The number of halogens is 2. The Bertz CT molecular complexity index is 498. The van der Waals surface area contributed by atoms with E-state index in [0.717, 1.165) is 25.7 Å². The van der Waals surface area contributed by atoms with E-state index in [1.54, 1.807) is 0 Å². The predicted octanol–water partition coefficient (Wildman–Crippen LogP) is 2.86. The molecule has 0 spiro atoms. The number of rotatable bonds is 6. The average Bonchev–Trinajstić information content (AvgIpc) is 3.35. The molecular weight excluding hydrogens is 331 g/mol. The van der Waals surface area contributed by atoms with Crippen LogP contribution in [-0.4, -0.2) is 29.5 Å². The Morgan fingerprint density at radius 1 is 1.00 bits per heavy atom. The van der Waals surface area contributed by atoms with Gasteiger partial charge in [-0.2, -0.15) is 0 Å². The summed E-state index contributed by atoms with van der Waals surface area (Å²) >= 11 is 12.0. The van der Waals surface area contributed by atoms with Crippen LogP contribution in [0.15, 0.2) is 23.7 Å². The molecule has 1 heterocycles. The number of hydrogen-bond donors (Lipinski definition) is 0. The topological polar surface area (TPSA) is 61.8 Å². The quantitative estimate of drug-likeness (QED) is 0.546. The lowest BCUT2D eigenvalue weighted by Crippen LogP contribution is -2.25. The number of allylic oxidation sites excluding steroid dienone is 2. The Morgan fingerprint density at radius 3 is 1.77 bits per heavy atom. The highest BCUT2D eigenvalue weighted by Crippen LogP contribution is 2.35. The first-order chi connectivity index (χ1) is 10.4. The number of hydrogen-bond acceptors (Lipinski definition) is 5. The molecule has 0 atom stereocenters. The van der Waals surface area contributed by atoms with Gasteiger partial charge in [0.15, 0.2) is 4.33 Å². The summed E-state index contributed by atoms with van der Waals surface area (Å²) in [6.07, 6.45) is 6.65. The van der Waals surface area contributed by atoms with E-state index in [2.05, 4.69) is 0 Å². The number of carbonyl (C=O) groups is 2. The van der Waals surface area contributed by atoms with E-state index in [1.165, 1.54) is 12.2 Å². The minimum absolute atomic E-state index is 0.188. The normalized spacial score (nSPS) is 23.0. The molecule has 0 aromatic carbocycles. The standard InChI is InChI=1S/C15H16Cl2O5/c16-15(17)5-11(13(18)20-7-9-1-2-9)22-12(6-15)14(19)21-8-10-3-4-10/h5-6,9-10H,1-4,7-8H2. The molecular formula is C15H16Cl2O5. The Morgan fingerprint density at radius 2 is 1.41 bits per heavy atom. The summed E-state index contributed by atoms with van der Waals surface area (Å²) in [5, 5.41) is 0. The molecule has 0 aromatic heterocycles. The van der Waals surface area contributed by atoms with Crippen LogP contribution in [-0.2, 0) is 23.8 Å². The van der Waals surface area contributed by atoms with Gasteiger partial charge in [-0.3, -0.25) is 0 Å². The van der Waals surface area contributed by atoms with Crippen molar-refractivity contribution in [3.05, 3.63) is 23.7 Å². The van der Waals surface area contributed by atoms with Crippen LogP contribution < -0.4 is 0 Å². The second-order valence-corrected chi connectivity index (χ2v) is 7.32. The van der Waals surface area contributed by atoms with Crippen LogP contribution in [0.25, 0.3) is 0 Å². The van der Waals surface area contributed by atoms with Crippen molar-refractivity contribution in [1.82, 2.24) is 0 Å². The summed E-state index contributed by atoms with van der Waals surface area (Å²) < 4.78 is 14.0. The smallest absolute Gasteiger partial charge is 0.374 e. The monoisotopic (exact) mass is 346 g/mol. The van der Waals surface area contributed by atoms with E-state index in [-0.39, 0.29) is 11.5 Å². The van der Waals surface area contributed by atoms with Gasteiger partial charge in [0.25, 0.3) is 0 Å². The molecule has 1 aliphatic heterocycles. The van der Waals surface area contributed by atoms with Gasteiger partial charge >= 0.3 is 11.9 Å². The molecule has 2 aliphatic carbocycles. The van der Waals surface area contributed by atoms with Crippen LogP contribution >= 0.6 is 23.2 Å². The number of alkyl halides is 2. The Balaban J connectivity index is 1.60. The maximum atomic E-state index is 12.0. The third-order valence-corrected chi connectivity index (χ3v) is 4.00. The molecule has 3 rings (SSSR count). The van der Waals surface area contributed by atoms with Crippen molar-refractivity contribution in [3.63, 3.8) is 0 Å². The first-order valence-corrected chi connectivity index (χ1v) is 8.04. The molecule has 22 heavy (non-hydrogen) atoms. The zero-order valence-corrected chi connectivity index (χ0v) is 13.4. The van der Waals surface area contributed by atoms with Crippen LogP contribution in [0.5, 0.6) is 0 Å². The number of esters is 2. The molecule has 0 amide bonds. The first-order valence-electron chi connectivity index (χ1n) is 7.28. The van der Waals surface area contributed by atoms with Gasteiger partial charge in [-0.25, -0.2) is 9.59 Å². The SMILES string of the molecule is O=C(OCC1CC1)C1=CC(Cl)(Cl)C=C(C(=O)OCC2CC2)O1. The Hall–Kier alpha value is -1.20. The second kappa shape index (κ2) is 6.13. The van der Waals surface area contributed by atoms with Gasteiger partial charge in [0, 0.05) is 12.2 Å². The molecule has 0 N–H and O–H groups in total. The van der Waals surface area contributed by atoms with E-state index in [0.29, 0.717) is 25.0 Å². The molecule has 120 valence electrons. The average molecular weight is 347 g/mol. The molecule has 7 heteroatoms. The summed E-state index contributed by atoms with van der Waals surface area (Å²) in [5.74, 6) is -0.902. The fourth-order valence-corrected chi connectivity index (χ4v) is 2.26. The predicted molar refractivity (Wildman–Crippen MR) is 79.1 cm³/mol. The highest BCUT2D eigenvalue weighted by atomic mass is 35.5. The summed E-state index contributed by atoms with van der Waals surface area (Å²) in [5.41, 5.74) is 0. The highest BCUT2D eigenvalue weighted by Gasteiger charge is 2.35. The summed E-state index contributed by atoms with van der Waals surface area (Å²) in [4.78, 5) is 23.9. The zero-order valence-electron chi connectivity index (χ0n) is 11.8. The van der Waals surface area contributed by atoms with Crippen molar-refractivity contribution in [3.8, 4) is 0 Å². The fraction of sp³-hybridized carbons (Fsp3) is 0.600. The molecule has 5 nitrogen and oxygen atoms in total. The fourth-order valence-electron chi connectivity index (χ4n) is 1.87. The summed E-state index contributed by atoms with van der Waals surface area (Å²) in [6, 6.07) is 0. The van der Waals surface area contributed by atoms with E-state index in [4.69, 9.17) is 37.4 Å². The van der Waals surface area contributed by atoms with Crippen molar-refractivity contribution in [2.75, 3.05) is 13.2 Å². The highest BCUT2D eigenvalue weighted by molar-refractivity contribution is 6.51. The molecule has 0 radical (unpaired) electrons. The molecule has 0 bridgehead atoms. The van der Waals surface area contributed by atoms with Crippen molar-refractivity contribution in [1.29, 1.82) is 0 Å². The molecule has 2 fully saturated rings. The van der Waals surface area contributed by atoms with Crippen LogP contribution in [0.3, 0.4) is 0 Å². The van der Waals surface area contributed by atoms with Crippen molar-refractivity contribution >= 4 is 35.1 Å². The summed E-state index contributed by atoms with van der Waals surface area (Å²) in [6.45, 7) is 0.671. The van der Waals surface area contributed by atoms with Gasteiger partial charge in [-0.05, 0) is 37.5 Å². The van der Waals surface area contributed by atoms with Crippen LogP contribution in [0.2, 0.25) is 0 Å². The Kier molecular flexibility index (Phi) is 4.37. The lowest BCUT2D eigenvalue weighted by Gasteiger charge is -2.21. The minimum atomic E-state index is -1.51.